The quantitative estimate of drug-likeness (QED) is 0.760. The predicted octanol–water partition coefficient (Wildman–Crippen LogP) is 1.28. The molecule has 18 heavy (non-hydrogen) atoms. The molecule has 0 spiro atoms. The van der Waals surface area contributed by atoms with Crippen LogP contribution in [-0.2, 0) is 13.0 Å². The topological polar surface area (TPSA) is 57.2 Å². The zero-order valence-corrected chi connectivity index (χ0v) is 10.2. The van der Waals surface area contributed by atoms with Gasteiger partial charge in [0.15, 0.2) is 0 Å². The molecule has 94 valence electrons. The van der Waals surface area contributed by atoms with Crippen molar-refractivity contribution >= 4 is 16.6 Å². The lowest BCUT2D eigenvalue weighted by atomic mass is 10.0. The number of aliphatic hydroxyl groups excluding tert-OH is 1. The van der Waals surface area contributed by atoms with Crippen LogP contribution in [0.1, 0.15) is 11.3 Å². The molecule has 1 aliphatic rings. The fourth-order valence-electron chi connectivity index (χ4n) is 2.50. The summed E-state index contributed by atoms with van der Waals surface area (Å²) in [5.41, 5.74) is 4.57. The Kier molecular flexibility index (Phi) is 3.13. The number of rotatable bonds is 3. The fourth-order valence-corrected chi connectivity index (χ4v) is 2.50. The number of aliphatic hydroxyl groups is 1. The lowest BCUT2D eigenvalue weighted by Crippen LogP contribution is -2.26. The molecular formula is C14H17N3O. The highest BCUT2D eigenvalue weighted by Gasteiger charge is 2.17. The molecule has 0 aliphatic carbocycles. The maximum Gasteiger partial charge on any atom is 0.0726 e. The van der Waals surface area contributed by atoms with E-state index >= 15 is 0 Å². The van der Waals surface area contributed by atoms with E-state index in [1.165, 1.54) is 11.3 Å². The summed E-state index contributed by atoms with van der Waals surface area (Å²) in [6.45, 7) is 2.54. The van der Waals surface area contributed by atoms with Crippen LogP contribution in [0.2, 0.25) is 0 Å². The van der Waals surface area contributed by atoms with Crippen molar-refractivity contribution in [3.8, 4) is 0 Å². The highest BCUT2D eigenvalue weighted by Crippen LogP contribution is 2.30. The van der Waals surface area contributed by atoms with Crippen LogP contribution >= 0.6 is 0 Å². The molecule has 2 aromatic rings. The predicted molar refractivity (Wildman–Crippen MR) is 72.7 cm³/mol. The maximum absolute atomic E-state index is 9.01. The van der Waals surface area contributed by atoms with Crippen molar-refractivity contribution < 1.29 is 5.11 Å². The molecule has 1 aromatic carbocycles. The minimum absolute atomic E-state index is 0.138. The van der Waals surface area contributed by atoms with Gasteiger partial charge in [-0.3, -0.25) is 4.98 Å². The Labute approximate surface area is 106 Å². The zero-order chi connectivity index (χ0) is 12.4. The normalized spacial score (nSPS) is 14.5. The number of hydrogen-bond acceptors (Lipinski definition) is 4. The van der Waals surface area contributed by atoms with Gasteiger partial charge in [0.2, 0.25) is 0 Å². The van der Waals surface area contributed by atoms with E-state index in [9.17, 15) is 0 Å². The van der Waals surface area contributed by atoms with Gasteiger partial charge in [0.1, 0.15) is 0 Å². The van der Waals surface area contributed by atoms with Crippen LogP contribution in [-0.4, -0.2) is 29.8 Å². The van der Waals surface area contributed by atoms with Crippen molar-refractivity contribution in [1.82, 2.24) is 10.3 Å². The average Bonchev–Trinajstić information content (AvgIpc) is 2.43. The van der Waals surface area contributed by atoms with E-state index in [-0.39, 0.29) is 6.61 Å². The first-order chi connectivity index (χ1) is 8.90. The summed E-state index contributed by atoms with van der Waals surface area (Å²) in [6, 6.07) is 8.16. The Hall–Kier alpha value is -1.65. The lowest BCUT2D eigenvalue weighted by molar-refractivity contribution is 0.311. The first kappa shape index (κ1) is 11.4. The molecule has 4 heteroatoms. The molecule has 0 saturated carbocycles. The molecule has 0 fully saturated rings. The number of pyridine rings is 1. The van der Waals surface area contributed by atoms with Gasteiger partial charge >= 0.3 is 0 Å². The third-order valence-electron chi connectivity index (χ3n) is 3.33. The van der Waals surface area contributed by atoms with Gasteiger partial charge < -0.3 is 15.7 Å². The summed E-state index contributed by atoms with van der Waals surface area (Å²) in [6.07, 6.45) is 0.966. The van der Waals surface area contributed by atoms with Crippen LogP contribution < -0.4 is 10.6 Å². The largest absolute Gasteiger partial charge is 0.395 e. The third kappa shape index (κ3) is 1.94. The third-order valence-corrected chi connectivity index (χ3v) is 3.33. The number of fused-ring (bicyclic) bond motifs is 2. The standard InChI is InChI=1S/C14H17N3O/c18-8-7-16-14-10-3-1-2-4-12(10)17-13-5-6-15-9-11(13)14/h1-4,15,18H,5-9H2,(H,16,17). The van der Waals surface area contributed by atoms with Gasteiger partial charge in [-0.2, -0.15) is 0 Å². The van der Waals surface area contributed by atoms with Gasteiger partial charge in [0.05, 0.1) is 17.8 Å². The fraction of sp³-hybridized carbons (Fsp3) is 0.357. The number of benzene rings is 1. The monoisotopic (exact) mass is 243 g/mol. The van der Waals surface area contributed by atoms with E-state index in [2.05, 4.69) is 16.7 Å². The average molecular weight is 243 g/mol. The van der Waals surface area contributed by atoms with Gasteiger partial charge in [0.25, 0.3) is 0 Å². The van der Waals surface area contributed by atoms with Crippen molar-refractivity contribution in [2.75, 3.05) is 25.0 Å². The Morgan fingerprint density at radius 2 is 2.22 bits per heavy atom. The first-order valence-corrected chi connectivity index (χ1v) is 6.36. The van der Waals surface area contributed by atoms with E-state index in [1.807, 2.05) is 18.2 Å². The number of anilines is 1. The van der Waals surface area contributed by atoms with Crippen molar-refractivity contribution in [3.05, 3.63) is 35.5 Å². The molecule has 0 bridgehead atoms. The number of nitrogens with one attached hydrogen (secondary N) is 2. The summed E-state index contributed by atoms with van der Waals surface area (Å²) in [7, 11) is 0. The van der Waals surface area contributed by atoms with Gasteiger partial charge in [-0.05, 0) is 6.07 Å². The molecule has 3 N–H and O–H groups in total. The van der Waals surface area contributed by atoms with Crippen molar-refractivity contribution in [2.24, 2.45) is 0 Å². The molecule has 0 amide bonds. The lowest BCUT2D eigenvalue weighted by Gasteiger charge is -2.22. The Bertz CT molecular complexity index is 568. The van der Waals surface area contributed by atoms with Crippen LogP contribution in [0.25, 0.3) is 10.9 Å². The Balaban J connectivity index is 2.19. The summed E-state index contributed by atoms with van der Waals surface area (Å²) in [5, 5.41) is 16.9. The molecule has 4 nitrogen and oxygen atoms in total. The number of hydrogen-bond donors (Lipinski definition) is 3. The smallest absolute Gasteiger partial charge is 0.0726 e. The van der Waals surface area contributed by atoms with E-state index in [4.69, 9.17) is 10.1 Å². The molecule has 2 heterocycles. The number of aromatic nitrogens is 1. The van der Waals surface area contributed by atoms with Gasteiger partial charge in [-0.25, -0.2) is 0 Å². The van der Waals surface area contributed by atoms with Gasteiger partial charge in [0, 0.05) is 42.7 Å². The van der Waals surface area contributed by atoms with Crippen molar-refractivity contribution in [3.63, 3.8) is 0 Å². The molecule has 0 radical (unpaired) electrons. The summed E-state index contributed by atoms with van der Waals surface area (Å²) >= 11 is 0. The van der Waals surface area contributed by atoms with Crippen LogP contribution in [0.3, 0.4) is 0 Å². The summed E-state index contributed by atoms with van der Waals surface area (Å²) < 4.78 is 0. The van der Waals surface area contributed by atoms with Crippen LogP contribution in [0, 0.1) is 0 Å². The van der Waals surface area contributed by atoms with Crippen molar-refractivity contribution in [1.29, 1.82) is 0 Å². The second-order valence-corrected chi connectivity index (χ2v) is 4.51. The molecule has 1 aliphatic heterocycles. The SMILES string of the molecule is OCCNc1c2c(nc3ccccc13)CCNC2. The first-order valence-electron chi connectivity index (χ1n) is 6.36. The molecular weight excluding hydrogens is 226 g/mol. The minimum atomic E-state index is 0.138. The van der Waals surface area contributed by atoms with E-state index in [0.29, 0.717) is 6.54 Å². The molecule has 3 rings (SSSR count). The van der Waals surface area contributed by atoms with Crippen molar-refractivity contribution in [2.45, 2.75) is 13.0 Å². The van der Waals surface area contributed by atoms with E-state index in [1.54, 1.807) is 0 Å². The highest BCUT2D eigenvalue weighted by molar-refractivity contribution is 5.93. The summed E-state index contributed by atoms with van der Waals surface area (Å²) in [5.74, 6) is 0. The zero-order valence-electron chi connectivity index (χ0n) is 10.2. The van der Waals surface area contributed by atoms with E-state index < -0.39 is 0 Å². The Morgan fingerprint density at radius 3 is 3.11 bits per heavy atom. The second kappa shape index (κ2) is 4.92. The summed E-state index contributed by atoms with van der Waals surface area (Å²) in [4.78, 5) is 4.74. The number of para-hydroxylation sites is 1. The van der Waals surface area contributed by atoms with Crippen LogP contribution in [0.4, 0.5) is 5.69 Å². The van der Waals surface area contributed by atoms with E-state index in [0.717, 1.165) is 36.1 Å². The molecule has 0 unspecified atom stereocenters. The van der Waals surface area contributed by atoms with Gasteiger partial charge in [-0.1, -0.05) is 18.2 Å². The maximum atomic E-state index is 9.01. The molecule has 0 saturated heterocycles. The molecule has 1 aromatic heterocycles. The van der Waals surface area contributed by atoms with Gasteiger partial charge in [-0.15, -0.1) is 0 Å². The number of nitrogens with zero attached hydrogens (tertiary/aromatic N) is 1. The Morgan fingerprint density at radius 1 is 1.33 bits per heavy atom. The molecule has 0 atom stereocenters. The second-order valence-electron chi connectivity index (χ2n) is 4.51. The van der Waals surface area contributed by atoms with Crippen LogP contribution in [0.5, 0.6) is 0 Å². The minimum Gasteiger partial charge on any atom is -0.395 e. The van der Waals surface area contributed by atoms with Crippen LogP contribution in [0.15, 0.2) is 24.3 Å². The highest BCUT2D eigenvalue weighted by atomic mass is 16.3.